The number of aryl methyl sites for hydroxylation is 1. The van der Waals surface area contributed by atoms with E-state index in [1.165, 1.54) is 4.31 Å². The van der Waals surface area contributed by atoms with Crippen molar-refractivity contribution in [1.82, 2.24) is 8.87 Å². The fourth-order valence-electron chi connectivity index (χ4n) is 3.21. The summed E-state index contributed by atoms with van der Waals surface area (Å²) in [5.41, 5.74) is 1.42. The highest BCUT2D eigenvalue weighted by Crippen LogP contribution is 2.19. The van der Waals surface area contributed by atoms with Crippen LogP contribution in [0.4, 0.5) is 0 Å². The van der Waals surface area contributed by atoms with E-state index in [-0.39, 0.29) is 30.6 Å². The number of ether oxygens (including phenoxy) is 1. The second kappa shape index (κ2) is 10.2. The summed E-state index contributed by atoms with van der Waals surface area (Å²) in [5, 5.41) is 1.10. The molecule has 1 aromatic heterocycles. The van der Waals surface area contributed by atoms with Crippen LogP contribution in [-0.4, -0.2) is 43.0 Å². The van der Waals surface area contributed by atoms with Crippen LogP contribution in [0.15, 0.2) is 65.7 Å². The largest absolute Gasteiger partial charge is 0.452 e. The molecular formula is C26H30N2O4S. The van der Waals surface area contributed by atoms with Crippen LogP contribution < -0.4 is 0 Å². The molecule has 0 aliphatic heterocycles. The summed E-state index contributed by atoms with van der Waals surface area (Å²) in [7, 11) is -3.74. The Hall–Kier alpha value is -3.08. The van der Waals surface area contributed by atoms with Gasteiger partial charge in [-0.3, -0.25) is 4.79 Å². The Morgan fingerprint density at radius 2 is 1.73 bits per heavy atom. The van der Waals surface area contributed by atoms with Crippen molar-refractivity contribution in [1.29, 1.82) is 0 Å². The quantitative estimate of drug-likeness (QED) is 0.386. The molecule has 0 N–H and O–H groups in total. The Morgan fingerprint density at radius 1 is 1.03 bits per heavy atom. The van der Waals surface area contributed by atoms with Crippen LogP contribution in [-0.2, 0) is 26.1 Å². The van der Waals surface area contributed by atoms with Crippen molar-refractivity contribution in [2.45, 2.75) is 39.1 Å². The first-order valence-electron chi connectivity index (χ1n) is 10.8. The number of carbonyl (C=O) groups is 1. The molecule has 3 rings (SSSR count). The maximum atomic E-state index is 13.3. The van der Waals surface area contributed by atoms with E-state index in [0.29, 0.717) is 6.54 Å². The normalized spacial score (nSPS) is 11.9. The van der Waals surface area contributed by atoms with E-state index < -0.39 is 15.4 Å². The van der Waals surface area contributed by atoms with E-state index in [2.05, 4.69) is 11.8 Å². The number of carbonyl (C=O) groups excluding carboxylic acids is 1. The van der Waals surface area contributed by atoms with Gasteiger partial charge >= 0.3 is 5.97 Å². The number of hydrogen-bond acceptors (Lipinski definition) is 4. The Labute approximate surface area is 196 Å². The number of benzene rings is 2. The number of para-hydroxylation sites is 1. The molecule has 0 radical (unpaired) electrons. The Balaban J connectivity index is 1.77. The Bertz CT molecular complexity index is 1270. The fourth-order valence-corrected chi connectivity index (χ4v) is 4.55. The standard InChI is InChI=1S/C26H30N2O4S/c1-21-11-13-23(14-12-21)33(30,31)28(16-7-8-20-32-25(29)26(2,3)4)19-18-27-17-15-22-9-5-6-10-24(22)27/h5-6,9-15,17H,16,18-20H2,1-4H3. The summed E-state index contributed by atoms with van der Waals surface area (Å²) in [5.74, 6) is 5.28. The van der Waals surface area contributed by atoms with Crippen molar-refractivity contribution >= 4 is 26.9 Å². The van der Waals surface area contributed by atoms with Gasteiger partial charge in [0, 0.05) is 24.8 Å². The topological polar surface area (TPSA) is 68.6 Å². The van der Waals surface area contributed by atoms with E-state index in [4.69, 9.17) is 4.74 Å². The third kappa shape index (κ3) is 6.25. The molecule has 0 saturated carbocycles. The zero-order chi connectivity index (χ0) is 24.1. The van der Waals surface area contributed by atoms with Gasteiger partial charge in [-0.05, 0) is 57.3 Å². The zero-order valence-electron chi connectivity index (χ0n) is 19.5. The predicted molar refractivity (Wildman–Crippen MR) is 130 cm³/mol. The molecule has 1 heterocycles. The third-order valence-corrected chi connectivity index (χ3v) is 7.06. The van der Waals surface area contributed by atoms with Crippen LogP contribution >= 0.6 is 0 Å². The third-order valence-electron chi connectivity index (χ3n) is 5.20. The molecule has 0 unspecified atom stereocenters. The lowest BCUT2D eigenvalue weighted by Crippen LogP contribution is -2.34. The number of hydrogen-bond donors (Lipinski definition) is 0. The van der Waals surface area contributed by atoms with Gasteiger partial charge in [0.05, 0.1) is 16.9 Å². The van der Waals surface area contributed by atoms with Gasteiger partial charge in [-0.1, -0.05) is 47.7 Å². The maximum absolute atomic E-state index is 13.3. The number of aromatic nitrogens is 1. The van der Waals surface area contributed by atoms with Crippen LogP contribution in [0, 0.1) is 24.2 Å². The highest BCUT2D eigenvalue weighted by Gasteiger charge is 2.24. The predicted octanol–water partition coefficient (Wildman–Crippen LogP) is 4.23. The summed E-state index contributed by atoms with van der Waals surface area (Å²) < 4.78 is 35.2. The molecule has 0 aliphatic rings. The molecule has 0 amide bonds. The number of nitrogens with zero attached hydrogens (tertiary/aromatic N) is 2. The minimum Gasteiger partial charge on any atom is -0.452 e. The van der Waals surface area contributed by atoms with Gasteiger partial charge in [-0.2, -0.15) is 4.31 Å². The first kappa shape index (κ1) is 24.6. The summed E-state index contributed by atoms with van der Waals surface area (Å²) in [4.78, 5) is 12.1. The molecule has 6 nitrogen and oxygen atoms in total. The smallest absolute Gasteiger partial charge is 0.312 e. The van der Waals surface area contributed by atoms with E-state index >= 15 is 0 Å². The average Bonchev–Trinajstić information content (AvgIpc) is 3.18. The van der Waals surface area contributed by atoms with Crippen molar-refractivity contribution in [3.8, 4) is 11.8 Å². The molecule has 0 fully saturated rings. The van der Waals surface area contributed by atoms with Gasteiger partial charge in [-0.25, -0.2) is 8.42 Å². The SMILES string of the molecule is Cc1ccc(S(=O)(=O)N(CC#CCOC(=O)C(C)(C)C)CCn2ccc3ccccc32)cc1. The summed E-state index contributed by atoms with van der Waals surface area (Å²) >= 11 is 0. The van der Waals surface area contributed by atoms with Gasteiger partial charge in [0.2, 0.25) is 10.0 Å². The lowest BCUT2D eigenvalue weighted by atomic mass is 9.97. The molecule has 2 aromatic carbocycles. The second-order valence-electron chi connectivity index (χ2n) is 8.90. The molecule has 7 heteroatoms. The van der Waals surface area contributed by atoms with E-state index in [1.807, 2.05) is 48.0 Å². The molecule has 0 aliphatic carbocycles. The van der Waals surface area contributed by atoms with E-state index in [0.717, 1.165) is 16.5 Å². The molecule has 0 spiro atoms. The minimum absolute atomic E-state index is 0.00246. The van der Waals surface area contributed by atoms with E-state index in [1.54, 1.807) is 45.0 Å². The van der Waals surface area contributed by atoms with Crippen LogP contribution in [0.1, 0.15) is 26.3 Å². The van der Waals surface area contributed by atoms with Gasteiger partial charge in [-0.15, -0.1) is 0 Å². The number of sulfonamides is 1. The van der Waals surface area contributed by atoms with Crippen molar-refractivity contribution in [2.75, 3.05) is 19.7 Å². The molecule has 0 atom stereocenters. The van der Waals surface area contributed by atoms with Crippen LogP contribution in [0.2, 0.25) is 0 Å². The first-order valence-corrected chi connectivity index (χ1v) is 12.3. The lowest BCUT2D eigenvalue weighted by Gasteiger charge is -2.21. The lowest BCUT2D eigenvalue weighted by molar-refractivity contribution is -0.151. The van der Waals surface area contributed by atoms with Crippen molar-refractivity contribution in [2.24, 2.45) is 5.41 Å². The highest BCUT2D eigenvalue weighted by atomic mass is 32.2. The molecule has 174 valence electrons. The fraction of sp³-hybridized carbons (Fsp3) is 0.346. The average molecular weight is 467 g/mol. The summed E-state index contributed by atoms with van der Waals surface area (Å²) in [6, 6.07) is 16.8. The molecular weight excluding hydrogens is 436 g/mol. The minimum atomic E-state index is -3.74. The van der Waals surface area contributed by atoms with Crippen LogP contribution in [0.3, 0.4) is 0 Å². The van der Waals surface area contributed by atoms with Gasteiger partial charge in [0.1, 0.15) is 0 Å². The zero-order valence-corrected chi connectivity index (χ0v) is 20.4. The highest BCUT2D eigenvalue weighted by molar-refractivity contribution is 7.89. The van der Waals surface area contributed by atoms with Crippen molar-refractivity contribution in [3.63, 3.8) is 0 Å². The Morgan fingerprint density at radius 3 is 2.42 bits per heavy atom. The van der Waals surface area contributed by atoms with Crippen LogP contribution in [0.5, 0.6) is 0 Å². The van der Waals surface area contributed by atoms with Gasteiger partial charge < -0.3 is 9.30 Å². The summed E-state index contributed by atoms with van der Waals surface area (Å²) in [6.07, 6.45) is 1.96. The van der Waals surface area contributed by atoms with Gasteiger partial charge in [0.25, 0.3) is 0 Å². The molecule has 0 saturated heterocycles. The monoisotopic (exact) mass is 466 g/mol. The number of esters is 1. The second-order valence-corrected chi connectivity index (χ2v) is 10.8. The molecule has 0 bridgehead atoms. The molecule has 33 heavy (non-hydrogen) atoms. The van der Waals surface area contributed by atoms with E-state index in [9.17, 15) is 13.2 Å². The first-order chi connectivity index (χ1) is 15.6. The van der Waals surface area contributed by atoms with Crippen LogP contribution in [0.25, 0.3) is 10.9 Å². The van der Waals surface area contributed by atoms with Crippen molar-refractivity contribution in [3.05, 3.63) is 66.4 Å². The Kier molecular flexibility index (Phi) is 7.62. The number of rotatable bonds is 7. The summed E-state index contributed by atoms with van der Waals surface area (Å²) in [6.45, 7) is 7.89. The van der Waals surface area contributed by atoms with Crippen molar-refractivity contribution < 1.29 is 17.9 Å². The van der Waals surface area contributed by atoms with Gasteiger partial charge in [0.15, 0.2) is 6.61 Å². The number of fused-ring (bicyclic) bond motifs is 1. The molecule has 3 aromatic rings. The maximum Gasteiger partial charge on any atom is 0.312 e.